The molecule has 9 heteroatoms. The first-order chi connectivity index (χ1) is 18.6. The van der Waals surface area contributed by atoms with Gasteiger partial charge in [-0.2, -0.15) is 0 Å². The molecule has 2 aliphatic rings. The Morgan fingerprint density at radius 3 is 2.64 bits per heavy atom. The van der Waals surface area contributed by atoms with Crippen LogP contribution in [-0.4, -0.2) is 48.9 Å². The molecule has 1 spiro atoms. The smallest absolute Gasteiger partial charge is 0.328 e. The first-order valence-corrected chi connectivity index (χ1v) is 13.2. The largest absolute Gasteiger partial charge is 0.459 e. The number of benzene rings is 2. The third kappa shape index (κ3) is 4.82. The van der Waals surface area contributed by atoms with Gasteiger partial charge < -0.3 is 29.4 Å². The molecule has 39 heavy (non-hydrogen) atoms. The highest BCUT2D eigenvalue weighted by atomic mass is 19.1. The zero-order valence-corrected chi connectivity index (χ0v) is 22.8. The van der Waals surface area contributed by atoms with E-state index in [4.69, 9.17) is 19.9 Å². The molecule has 1 aromatic heterocycles. The van der Waals surface area contributed by atoms with E-state index in [0.29, 0.717) is 55.9 Å². The Bertz CT molecular complexity index is 1460. The molecule has 3 aromatic rings. The summed E-state index contributed by atoms with van der Waals surface area (Å²) in [6, 6.07) is 9.48. The maximum absolute atomic E-state index is 14.8. The van der Waals surface area contributed by atoms with Gasteiger partial charge in [-0.25, -0.2) is 14.0 Å². The van der Waals surface area contributed by atoms with E-state index in [1.807, 2.05) is 28.8 Å². The Labute approximate surface area is 227 Å². The van der Waals surface area contributed by atoms with Gasteiger partial charge in [0.1, 0.15) is 23.2 Å². The van der Waals surface area contributed by atoms with Gasteiger partial charge >= 0.3 is 5.97 Å². The van der Waals surface area contributed by atoms with Gasteiger partial charge in [-0.3, -0.25) is 0 Å². The molecule has 1 unspecified atom stereocenters. The number of halogens is 1. The number of methoxy groups -OCH3 is 1. The van der Waals surface area contributed by atoms with Gasteiger partial charge in [-0.05, 0) is 57.4 Å². The summed E-state index contributed by atoms with van der Waals surface area (Å²) in [5, 5.41) is 0.835. The van der Waals surface area contributed by atoms with Crippen LogP contribution in [0.25, 0.3) is 10.9 Å². The van der Waals surface area contributed by atoms with E-state index in [2.05, 4.69) is 4.90 Å². The van der Waals surface area contributed by atoms with Gasteiger partial charge in [0.25, 0.3) is 0 Å². The number of rotatable bonds is 6. The Morgan fingerprint density at radius 2 is 1.97 bits per heavy atom. The van der Waals surface area contributed by atoms with E-state index >= 15 is 0 Å². The Morgan fingerprint density at radius 1 is 1.23 bits per heavy atom. The molecular formula is C30H34FN3O5. The molecule has 0 aliphatic carbocycles. The monoisotopic (exact) mass is 535 g/mol. The molecule has 2 aromatic carbocycles. The van der Waals surface area contributed by atoms with E-state index in [9.17, 15) is 14.0 Å². The average Bonchev–Trinajstić information content (AvgIpc) is 3.42. The van der Waals surface area contributed by atoms with Crippen molar-refractivity contribution in [3.8, 4) is 5.75 Å². The summed E-state index contributed by atoms with van der Waals surface area (Å²) in [4.78, 5) is 26.9. The van der Waals surface area contributed by atoms with Crippen LogP contribution >= 0.6 is 0 Å². The number of anilines is 1. The van der Waals surface area contributed by atoms with Crippen molar-refractivity contribution in [2.75, 3.05) is 31.7 Å². The van der Waals surface area contributed by atoms with E-state index in [0.717, 1.165) is 16.6 Å². The molecule has 206 valence electrons. The molecule has 0 saturated carbocycles. The van der Waals surface area contributed by atoms with Crippen LogP contribution in [-0.2, 0) is 31.0 Å². The van der Waals surface area contributed by atoms with Crippen LogP contribution in [0.15, 0.2) is 48.4 Å². The molecule has 0 amide bonds. The van der Waals surface area contributed by atoms with E-state index in [-0.39, 0.29) is 11.6 Å². The second kappa shape index (κ2) is 10.2. The van der Waals surface area contributed by atoms with Crippen LogP contribution in [0.4, 0.5) is 10.1 Å². The van der Waals surface area contributed by atoms with Crippen molar-refractivity contribution in [3.63, 3.8) is 0 Å². The van der Waals surface area contributed by atoms with Crippen LogP contribution in [0.5, 0.6) is 5.75 Å². The van der Waals surface area contributed by atoms with Crippen molar-refractivity contribution in [3.05, 3.63) is 65.3 Å². The standard InChI is InChI=1S/C30H34FN3O5/c1-29(2,3)39-28(36)26(32)19-8-9-24-21(16-19)30(25(18-35)38-24)10-12-33(13-11-30)23-17-34(14-15-37-4)27-20(23)6-5-7-22(27)31/h5-9,16-17,26H,10-15,32H2,1-4H3. The minimum absolute atomic E-state index is 0.244. The van der Waals surface area contributed by atoms with Crippen LogP contribution < -0.4 is 15.4 Å². The maximum Gasteiger partial charge on any atom is 0.328 e. The predicted molar refractivity (Wildman–Crippen MR) is 146 cm³/mol. The van der Waals surface area contributed by atoms with Gasteiger partial charge in [-0.1, -0.05) is 18.2 Å². The van der Waals surface area contributed by atoms with Gasteiger partial charge in [0.2, 0.25) is 0 Å². The molecule has 1 fully saturated rings. The van der Waals surface area contributed by atoms with Crippen LogP contribution in [0.1, 0.15) is 50.8 Å². The molecule has 3 heterocycles. The number of carbonyl (C=O) groups is 1. The number of nitrogens with zero attached hydrogens (tertiary/aromatic N) is 2. The third-order valence-electron chi connectivity index (χ3n) is 7.60. The van der Waals surface area contributed by atoms with Gasteiger partial charge in [-0.15, -0.1) is 0 Å². The minimum Gasteiger partial charge on any atom is -0.459 e. The summed E-state index contributed by atoms with van der Waals surface area (Å²) in [5.74, 6) is 2.05. The third-order valence-corrected chi connectivity index (χ3v) is 7.60. The fourth-order valence-electron chi connectivity index (χ4n) is 5.69. The highest BCUT2D eigenvalue weighted by Gasteiger charge is 2.49. The summed E-state index contributed by atoms with van der Waals surface area (Å²) in [5.41, 5.74) is 7.84. The first-order valence-electron chi connectivity index (χ1n) is 13.2. The zero-order chi connectivity index (χ0) is 27.9. The molecule has 8 nitrogen and oxygen atoms in total. The summed E-state index contributed by atoms with van der Waals surface area (Å²) in [7, 11) is 1.62. The summed E-state index contributed by atoms with van der Waals surface area (Å²) < 4.78 is 33.4. The number of fused-ring (bicyclic) bond motifs is 3. The summed E-state index contributed by atoms with van der Waals surface area (Å²) in [6.07, 6.45) is 3.13. The number of allylic oxidation sites excluding steroid dienone is 1. The number of nitrogens with two attached hydrogens (primary N) is 1. The van der Waals surface area contributed by atoms with Crippen molar-refractivity contribution in [1.29, 1.82) is 0 Å². The number of hydrogen-bond donors (Lipinski definition) is 1. The Balaban J connectivity index is 1.44. The molecule has 0 bridgehead atoms. The number of carbonyl (C=O) groups excluding carboxylic acids is 2. The van der Waals surface area contributed by atoms with E-state index in [1.165, 1.54) is 6.07 Å². The molecule has 2 aliphatic heterocycles. The molecule has 0 radical (unpaired) electrons. The van der Waals surface area contributed by atoms with Crippen LogP contribution in [0, 0.1) is 5.82 Å². The maximum atomic E-state index is 14.8. The first kappa shape index (κ1) is 26.9. The van der Waals surface area contributed by atoms with Gasteiger partial charge in [0.05, 0.1) is 23.2 Å². The van der Waals surface area contributed by atoms with Crippen molar-refractivity contribution >= 4 is 28.5 Å². The molecular weight excluding hydrogens is 501 g/mol. The fraction of sp³-hybridized carbons (Fsp3) is 0.433. The SMILES string of the molecule is COCCn1cc(N2CCC3(CC2)C(=C=O)Oc2ccc(C(N)C(=O)OC(C)(C)C)cc23)c2cccc(F)c21. The van der Waals surface area contributed by atoms with Crippen LogP contribution in [0.2, 0.25) is 0 Å². The van der Waals surface area contributed by atoms with Crippen molar-refractivity contribution in [2.24, 2.45) is 5.73 Å². The lowest BCUT2D eigenvalue weighted by Crippen LogP contribution is -2.43. The van der Waals surface area contributed by atoms with Crippen molar-refractivity contribution in [2.45, 2.75) is 57.2 Å². The number of ether oxygens (including phenoxy) is 3. The van der Waals surface area contributed by atoms with Gasteiger partial charge in [0, 0.05) is 43.9 Å². The molecule has 1 saturated heterocycles. The van der Waals surface area contributed by atoms with Crippen LogP contribution in [0.3, 0.4) is 0 Å². The zero-order valence-electron chi connectivity index (χ0n) is 22.8. The number of esters is 1. The lowest BCUT2D eigenvalue weighted by atomic mass is 9.72. The molecule has 1 atom stereocenters. The van der Waals surface area contributed by atoms with E-state index < -0.39 is 23.0 Å². The Hall–Kier alpha value is -3.65. The predicted octanol–water partition coefficient (Wildman–Crippen LogP) is 4.41. The highest BCUT2D eigenvalue weighted by Crippen LogP contribution is 2.52. The summed E-state index contributed by atoms with van der Waals surface area (Å²) in [6.45, 7) is 7.60. The van der Waals surface area contributed by atoms with Crippen molar-refractivity contribution in [1.82, 2.24) is 4.57 Å². The normalized spacial score (nSPS) is 17.2. The number of para-hydroxylation sites is 1. The minimum atomic E-state index is -0.968. The van der Waals surface area contributed by atoms with E-state index in [1.54, 1.807) is 46.1 Å². The number of aromatic nitrogens is 1. The molecule has 2 N–H and O–H groups in total. The molecule has 5 rings (SSSR count). The fourth-order valence-corrected chi connectivity index (χ4v) is 5.69. The lowest BCUT2D eigenvalue weighted by Gasteiger charge is -2.39. The number of piperidine rings is 1. The number of hydrogen-bond acceptors (Lipinski definition) is 7. The van der Waals surface area contributed by atoms with Crippen molar-refractivity contribution < 1.29 is 28.2 Å². The van der Waals surface area contributed by atoms with Gasteiger partial charge in [0.15, 0.2) is 11.7 Å². The second-order valence-electron chi connectivity index (χ2n) is 11.2. The highest BCUT2D eigenvalue weighted by molar-refractivity contribution is 5.94. The second-order valence-corrected chi connectivity index (χ2v) is 11.2. The topological polar surface area (TPSA) is 96.0 Å². The summed E-state index contributed by atoms with van der Waals surface area (Å²) >= 11 is 0. The lowest BCUT2D eigenvalue weighted by molar-refractivity contribution is -0.156. The Kier molecular flexibility index (Phi) is 7.01. The quantitative estimate of drug-likeness (QED) is 0.369. The average molecular weight is 536 g/mol.